The maximum atomic E-state index is 5.31. The average molecular weight is 449 g/mol. The Hall–Kier alpha value is -0.860. The molecular weight excluding hydrogens is 417 g/mol. The number of hydrogen-bond donors (Lipinski definition) is 2. The molecule has 6 nitrogen and oxygen atoms in total. The molecule has 0 aliphatic heterocycles. The van der Waals surface area contributed by atoms with E-state index >= 15 is 0 Å². The number of nitrogens with zero attached hydrogens (tertiary/aromatic N) is 3. The van der Waals surface area contributed by atoms with E-state index in [0.29, 0.717) is 24.3 Å². The number of aliphatic imine (C=N–C) groups is 1. The van der Waals surface area contributed by atoms with Gasteiger partial charge in [-0.05, 0) is 38.5 Å². The molecule has 1 aliphatic carbocycles. The molecule has 0 aromatic carbocycles. The van der Waals surface area contributed by atoms with Crippen LogP contribution in [0.2, 0.25) is 0 Å². The number of rotatable bonds is 4. The molecule has 0 bridgehead atoms. The van der Waals surface area contributed by atoms with Gasteiger partial charge in [-0.2, -0.15) is 4.98 Å². The second-order valence-corrected chi connectivity index (χ2v) is 7.56. The number of aromatic nitrogens is 2. The molecule has 1 aliphatic rings. The van der Waals surface area contributed by atoms with Gasteiger partial charge >= 0.3 is 0 Å². The second kappa shape index (κ2) is 9.58. The Morgan fingerprint density at radius 2 is 1.92 bits per heavy atom. The van der Waals surface area contributed by atoms with E-state index in [-0.39, 0.29) is 29.4 Å². The molecule has 0 spiro atoms. The maximum absolute atomic E-state index is 5.31. The fourth-order valence-electron chi connectivity index (χ4n) is 2.69. The van der Waals surface area contributed by atoms with E-state index in [4.69, 9.17) is 4.52 Å². The molecule has 24 heavy (non-hydrogen) atoms. The summed E-state index contributed by atoms with van der Waals surface area (Å²) in [6.07, 6.45) is 5.00. The predicted octanol–water partition coefficient (Wildman–Crippen LogP) is 3.62. The van der Waals surface area contributed by atoms with E-state index in [1.54, 1.807) is 0 Å². The minimum atomic E-state index is -0.128. The van der Waals surface area contributed by atoms with Crippen LogP contribution < -0.4 is 10.6 Å². The van der Waals surface area contributed by atoms with Crippen LogP contribution in [0.5, 0.6) is 0 Å². The van der Waals surface area contributed by atoms with Crippen LogP contribution in [0.25, 0.3) is 0 Å². The summed E-state index contributed by atoms with van der Waals surface area (Å²) in [5, 5.41) is 10.9. The van der Waals surface area contributed by atoms with Crippen LogP contribution in [0.15, 0.2) is 9.52 Å². The van der Waals surface area contributed by atoms with Crippen molar-refractivity contribution in [2.45, 2.75) is 78.3 Å². The van der Waals surface area contributed by atoms with Crippen LogP contribution in [-0.4, -0.2) is 28.7 Å². The average Bonchev–Trinajstić information content (AvgIpc) is 2.96. The molecule has 1 saturated carbocycles. The number of nitrogens with one attached hydrogen (secondary N) is 2. The van der Waals surface area contributed by atoms with Gasteiger partial charge in [-0.15, -0.1) is 24.0 Å². The van der Waals surface area contributed by atoms with Crippen LogP contribution in [-0.2, 0) is 12.0 Å². The van der Waals surface area contributed by atoms with Crippen LogP contribution in [0, 0.1) is 5.92 Å². The van der Waals surface area contributed by atoms with Gasteiger partial charge in [0.2, 0.25) is 5.89 Å². The normalized spacial score (nSPS) is 22.0. The third-order valence-electron chi connectivity index (χ3n) is 4.19. The van der Waals surface area contributed by atoms with Crippen LogP contribution in [0.1, 0.15) is 72.0 Å². The Kier molecular flexibility index (Phi) is 8.45. The van der Waals surface area contributed by atoms with E-state index in [9.17, 15) is 0 Å². The molecule has 2 N–H and O–H groups in total. The van der Waals surface area contributed by atoms with Gasteiger partial charge in [0.1, 0.15) is 6.54 Å². The fraction of sp³-hybridized carbons (Fsp3) is 0.824. The van der Waals surface area contributed by atoms with Crippen molar-refractivity contribution in [3.8, 4) is 0 Å². The summed E-state index contributed by atoms with van der Waals surface area (Å²) in [6, 6.07) is 0.513. The van der Waals surface area contributed by atoms with E-state index in [1.165, 1.54) is 25.7 Å². The smallest absolute Gasteiger partial charge is 0.232 e. The highest BCUT2D eigenvalue weighted by atomic mass is 127. The first-order chi connectivity index (χ1) is 10.9. The van der Waals surface area contributed by atoms with E-state index in [2.05, 4.69) is 60.4 Å². The number of hydrogen-bond acceptors (Lipinski definition) is 4. The van der Waals surface area contributed by atoms with Gasteiger partial charge in [-0.25, -0.2) is 4.99 Å². The minimum absolute atomic E-state index is 0. The van der Waals surface area contributed by atoms with Crippen molar-refractivity contribution in [3.05, 3.63) is 11.7 Å². The van der Waals surface area contributed by atoms with Crippen molar-refractivity contribution in [3.63, 3.8) is 0 Å². The summed E-state index contributed by atoms with van der Waals surface area (Å²) in [5.74, 6) is 2.98. The first-order valence-corrected chi connectivity index (χ1v) is 8.76. The molecule has 7 heteroatoms. The summed E-state index contributed by atoms with van der Waals surface area (Å²) in [6.45, 7) is 11.9. The highest BCUT2D eigenvalue weighted by Gasteiger charge is 2.22. The lowest BCUT2D eigenvalue weighted by Crippen LogP contribution is -2.44. The lowest BCUT2D eigenvalue weighted by Gasteiger charge is -2.28. The van der Waals surface area contributed by atoms with Gasteiger partial charge in [0, 0.05) is 18.0 Å². The maximum Gasteiger partial charge on any atom is 0.232 e. The minimum Gasteiger partial charge on any atom is -0.357 e. The van der Waals surface area contributed by atoms with Crippen molar-refractivity contribution >= 4 is 29.9 Å². The lowest BCUT2D eigenvalue weighted by molar-refractivity contribution is 0.318. The Morgan fingerprint density at radius 3 is 2.46 bits per heavy atom. The molecular formula is C17H32IN5O. The molecule has 138 valence electrons. The van der Waals surface area contributed by atoms with Crippen LogP contribution >= 0.6 is 24.0 Å². The molecule has 0 unspecified atom stereocenters. The second-order valence-electron chi connectivity index (χ2n) is 7.56. The zero-order valence-electron chi connectivity index (χ0n) is 15.6. The Morgan fingerprint density at radius 1 is 1.25 bits per heavy atom. The van der Waals surface area contributed by atoms with Crippen LogP contribution in [0.4, 0.5) is 0 Å². The zero-order valence-corrected chi connectivity index (χ0v) is 17.9. The fourth-order valence-corrected chi connectivity index (χ4v) is 2.69. The summed E-state index contributed by atoms with van der Waals surface area (Å²) in [7, 11) is 0. The van der Waals surface area contributed by atoms with Crippen molar-refractivity contribution in [1.29, 1.82) is 0 Å². The topological polar surface area (TPSA) is 75.3 Å². The SMILES string of the molecule is CCNC(=NCc1noc(C(C)(C)C)n1)NC1CCC(C)CC1.I. The van der Waals surface area contributed by atoms with Gasteiger partial charge in [0.05, 0.1) is 0 Å². The molecule has 0 atom stereocenters. The summed E-state index contributed by atoms with van der Waals surface area (Å²) < 4.78 is 5.31. The molecule has 1 fully saturated rings. The van der Waals surface area contributed by atoms with E-state index < -0.39 is 0 Å². The predicted molar refractivity (Wildman–Crippen MR) is 108 cm³/mol. The van der Waals surface area contributed by atoms with Gasteiger partial charge in [0.15, 0.2) is 11.8 Å². The molecule has 1 aromatic rings. The van der Waals surface area contributed by atoms with Crippen molar-refractivity contribution < 1.29 is 4.52 Å². The summed E-state index contributed by atoms with van der Waals surface area (Å²) in [5.41, 5.74) is -0.128. The van der Waals surface area contributed by atoms with E-state index in [1.807, 2.05) is 0 Å². The Balaban J connectivity index is 0.00000288. The Labute approximate surface area is 162 Å². The monoisotopic (exact) mass is 449 g/mol. The molecule has 0 radical (unpaired) electrons. The number of halogens is 1. The van der Waals surface area contributed by atoms with Crippen LogP contribution in [0.3, 0.4) is 0 Å². The van der Waals surface area contributed by atoms with Crippen molar-refractivity contribution in [1.82, 2.24) is 20.8 Å². The third-order valence-corrected chi connectivity index (χ3v) is 4.19. The zero-order chi connectivity index (χ0) is 16.9. The lowest BCUT2D eigenvalue weighted by atomic mass is 9.87. The van der Waals surface area contributed by atoms with Crippen molar-refractivity contribution in [2.24, 2.45) is 10.9 Å². The number of guanidine groups is 1. The first kappa shape index (κ1) is 21.2. The molecule has 0 amide bonds. The Bertz CT molecular complexity index is 515. The largest absolute Gasteiger partial charge is 0.357 e. The highest BCUT2D eigenvalue weighted by molar-refractivity contribution is 14.0. The standard InChI is InChI=1S/C17H31N5O.HI/c1-6-18-16(20-13-9-7-12(2)8-10-13)19-11-14-21-15(23-22-14)17(3,4)5;/h12-13H,6-11H2,1-5H3,(H2,18,19,20);1H. The van der Waals surface area contributed by atoms with Gasteiger partial charge in [-0.3, -0.25) is 0 Å². The molecule has 1 aromatic heterocycles. The third kappa shape index (κ3) is 6.57. The molecule has 1 heterocycles. The van der Waals surface area contributed by atoms with E-state index in [0.717, 1.165) is 18.4 Å². The quantitative estimate of drug-likeness (QED) is 0.417. The molecule has 2 rings (SSSR count). The molecule has 0 saturated heterocycles. The van der Waals surface area contributed by atoms with Gasteiger partial charge in [-0.1, -0.05) is 32.9 Å². The van der Waals surface area contributed by atoms with Gasteiger partial charge < -0.3 is 15.2 Å². The summed E-state index contributed by atoms with van der Waals surface area (Å²) in [4.78, 5) is 9.03. The highest BCUT2D eigenvalue weighted by Crippen LogP contribution is 2.23. The first-order valence-electron chi connectivity index (χ1n) is 8.76. The van der Waals surface area contributed by atoms with Gasteiger partial charge in [0.25, 0.3) is 0 Å². The van der Waals surface area contributed by atoms with Crippen molar-refractivity contribution in [2.75, 3.05) is 6.54 Å². The summed E-state index contributed by atoms with van der Waals surface area (Å²) >= 11 is 0.